The fourth-order valence-electron chi connectivity index (χ4n) is 3.92. The summed E-state index contributed by atoms with van der Waals surface area (Å²) in [6.45, 7) is 6.47. The van der Waals surface area contributed by atoms with Crippen LogP contribution in [-0.2, 0) is 13.1 Å². The van der Waals surface area contributed by atoms with Gasteiger partial charge >= 0.3 is 0 Å². The second kappa shape index (κ2) is 9.87. The first-order valence-corrected chi connectivity index (χ1v) is 12.6. The first-order valence-electron chi connectivity index (χ1n) is 11.4. The Labute approximate surface area is 221 Å². The van der Waals surface area contributed by atoms with Crippen LogP contribution >= 0.6 is 22.9 Å². The minimum Gasteiger partial charge on any atom is -0.494 e. The summed E-state index contributed by atoms with van der Waals surface area (Å²) in [4.78, 5) is 45.7. The number of carbonyl (C=O) groups is 2. The van der Waals surface area contributed by atoms with E-state index in [-0.39, 0.29) is 28.8 Å². The van der Waals surface area contributed by atoms with Crippen molar-refractivity contribution in [1.29, 1.82) is 0 Å². The number of pyridine rings is 2. The van der Waals surface area contributed by atoms with E-state index in [0.29, 0.717) is 40.7 Å². The summed E-state index contributed by atoms with van der Waals surface area (Å²) < 4.78 is 7.08. The standard InChI is InChI=1S/C24H23ClN8O3S/c1-12(2)33-11-28-21(31-33)23(35)32-9-17-19(10-32)37-24(29-17)30-22(34)16-7-26-13(3)5-14(16)15-6-20(25)27-8-18(15)36-4/h5-8,11-12H,9-10H2,1-4H3,(H,29,30,34). The summed E-state index contributed by atoms with van der Waals surface area (Å²) in [6, 6.07) is 3.56. The van der Waals surface area contributed by atoms with Crippen LogP contribution in [0.3, 0.4) is 0 Å². The number of nitrogens with one attached hydrogen (secondary N) is 1. The fourth-order valence-corrected chi connectivity index (χ4v) is 5.06. The third kappa shape index (κ3) is 4.89. The smallest absolute Gasteiger partial charge is 0.294 e. The highest BCUT2D eigenvalue weighted by atomic mass is 35.5. The Hall–Kier alpha value is -3.90. The third-order valence-electron chi connectivity index (χ3n) is 5.82. The Morgan fingerprint density at radius 2 is 1.95 bits per heavy atom. The van der Waals surface area contributed by atoms with Crippen LogP contribution in [0.2, 0.25) is 5.15 Å². The number of halogens is 1. The maximum atomic E-state index is 13.3. The zero-order chi connectivity index (χ0) is 26.3. The largest absolute Gasteiger partial charge is 0.494 e. The molecule has 11 nitrogen and oxygen atoms in total. The van der Waals surface area contributed by atoms with Crippen molar-refractivity contribution in [3.8, 4) is 16.9 Å². The van der Waals surface area contributed by atoms with Crippen LogP contribution in [0.1, 0.15) is 57.1 Å². The Kier molecular flexibility index (Phi) is 6.61. The third-order valence-corrected chi connectivity index (χ3v) is 7.02. The van der Waals surface area contributed by atoms with E-state index in [4.69, 9.17) is 16.3 Å². The van der Waals surface area contributed by atoms with E-state index in [1.165, 1.54) is 30.8 Å². The lowest BCUT2D eigenvalue weighted by atomic mass is 10.0. The van der Waals surface area contributed by atoms with Crippen molar-refractivity contribution in [2.24, 2.45) is 0 Å². The number of nitrogens with zero attached hydrogens (tertiary/aromatic N) is 7. The summed E-state index contributed by atoms with van der Waals surface area (Å²) in [5.41, 5.74) is 3.04. The SMILES string of the molecule is COc1cnc(Cl)cc1-c1cc(C)ncc1C(=O)Nc1nc2c(s1)CN(C(=O)c1ncn(C(C)C)n1)C2. The number of amides is 2. The van der Waals surface area contributed by atoms with Crippen LogP contribution in [0.25, 0.3) is 11.1 Å². The highest BCUT2D eigenvalue weighted by Crippen LogP contribution is 2.35. The molecule has 1 N–H and O–H groups in total. The molecule has 1 aliphatic heterocycles. The summed E-state index contributed by atoms with van der Waals surface area (Å²) in [5.74, 6) is 0.00922. The monoisotopic (exact) mass is 538 g/mol. The van der Waals surface area contributed by atoms with Crippen molar-refractivity contribution in [3.63, 3.8) is 0 Å². The molecule has 0 bridgehead atoms. The van der Waals surface area contributed by atoms with Gasteiger partial charge in [-0.25, -0.2) is 19.6 Å². The number of aryl methyl sites for hydroxylation is 1. The number of aromatic nitrogens is 6. The van der Waals surface area contributed by atoms with Gasteiger partial charge < -0.3 is 9.64 Å². The average molecular weight is 539 g/mol. The zero-order valence-electron chi connectivity index (χ0n) is 20.5. The van der Waals surface area contributed by atoms with Gasteiger partial charge in [0.05, 0.1) is 42.5 Å². The van der Waals surface area contributed by atoms with Crippen LogP contribution in [0, 0.1) is 6.92 Å². The van der Waals surface area contributed by atoms with Crippen molar-refractivity contribution in [2.45, 2.75) is 39.9 Å². The lowest BCUT2D eigenvalue weighted by molar-refractivity contribution is 0.0738. The number of methoxy groups -OCH3 is 1. The van der Waals surface area contributed by atoms with Crippen molar-refractivity contribution in [3.05, 3.63) is 63.7 Å². The van der Waals surface area contributed by atoms with E-state index in [1.54, 1.807) is 28.0 Å². The lowest BCUT2D eigenvalue weighted by Crippen LogP contribution is -2.27. The minimum atomic E-state index is -0.374. The molecule has 1 aliphatic rings. The molecule has 0 saturated carbocycles. The molecule has 190 valence electrons. The minimum absolute atomic E-state index is 0.114. The Morgan fingerprint density at radius 3 is 2.65 bits per heavy atom. The molecule has 0 atom stereocenters. The lowest BCUT2D eigenvalue weighted by Gasteiger charge is -2.14. The number of anilines is 1. The summed E-state index contributed by atoms with van der Waals surface area (Å²) in [6.07, 6.45) is 4.58. The normalized spacial score (nSPS) is 12.6. The van der Waals surface area contributed by atoms with E-state index < -0.39 is 0 Å². The fraction of sp³-hybridized carbons (Fsp3) is 0.292. The molecule has 0 unspecified atom stereocenters. The van der Waals surface area contributed by atoms with Gasteiger partial charge in [0.15, 0.2) is 5.13 Å². The predicted molar refractivity (Wildman–Crippen MR) is 138 cm³/mol. The van der Waals surface area contributed by atoms with Gasteiger partial charge in [-0.05, 0) is 32.9 Å². The van der Waals surface area contributed by atoms with Gasteiger partial charge in [-0.15, -0.1) is 5.10 Å². The summed E-state index contributed by atoms with van der Waals surface area (Å²) in [5, 5.41) is 7.85. The second-order valence-electron chi connectivity index (χ2n) is 8.72. The van der Waals surface area contributed by atoms with Crippen molar-refractivity contribution in [1.82, 2.24) is 34.6 Å². The molecular weight excluding hydrogens is 516 g/mol. The number of fused-ring (bicyclic) bond motifs is 1. The first-order chi connectivity index (χ1) is 17.7. The van der Waals surface area contributed by atoms with E-state index in [0.717, 1.165) is 16.3 Å². The van der Waals surface area contributed by atoms with E-state index >= 15 is 0 Å². The Balaban J connectivity index is 1.34. The van der Waals surface area contributed by atoms with E-state index in [1.807, 2.05) is 20.8 Å². The molecule has 0 fully saturated rings. The van der Waals surface area contributed by atoms with Crippen LogP contribution in [0.5, 0.6) is 5.75 Å². The number of hydrogen-bond donors (Lipinski definition) is 1. The van der Waals surface area contributed by atoms with Crippen LogP contribution in [-0.4, -0.2) is 53.5 Å². The maximum Gasteiger partial charge on any atom is 0.294 e. The number of carbonyl (C=O) groups excluding carboxylic acids is 2. The van der Waals surface area contributed by atoms with Gasteiger partial charge in [0.1, 0.15) is 17.2 Å². The molecule has 5 rings (SSSR count). The first kappa shape index (κ1) is 24.8. The number of hydrogen-bond acceptors (Lipinski definition) is 9. The number of thiazole rings is 1. The van der Waals surface area contributed by atoms with Crippen molar-refractivity contribution < 1.29 is 14.3 Å². The molecule has 4 aromatic heterocycles. The Bertz CT molecular complexity index is 1490. The predicted octanol–water partition coefficient (Wildman–Crippen LogP) is 4.15. The van der Waals surface area contributed by atoms with Gasteiger partial charge in [0.2, 0.25) is 5.82 Å². The van der Waals surface area contributed by atoms with Crippen molar-refractivity contribution in [2.75, 3.05) is 12.4 Å². The number of rotatable bonds is 6. The van der Waals surface area contributed by atoms with Gasteiger partial charge in [-0.3, -0.25) is 19.9 Å². The van der Waals surface area contributed by atoms with E-state index in [9.17, 15) is 9.59 Å². The highest BCUT2D eigenvalue weighted by molar-refractivity contribution is 7.16. The van der Waals surface area contributed by atoms with Crippen LogP contribution in [0.15, 0.2) is 30.9 Å². The quantitative estimate of drug-likeness (QED) is 0.362. The number of ether oxygens (including phenoxy) is 1. The van der Waals surface area contributed by atoms with Crippen LogP contribution in [0.4, 0.5) is 5.13 Å². The average Bonchev–Trinajstić information content (AvgIpc) is 3.59. The molecule has 5 heterocycles. The van der Waals surface area contributed by atoms with E-state index in [2.05, 4.69) is 30.4 Å². The maximum absolute atomic E-state index is 13.3. The molecule has 0 aromatic carbocycles. The molecule has 4 aromatic rings. The molecule has 0 saturated heterocycles. The topological polar surface area (TPSA) is 128 Å². The molecule has 0 aliphatic carbocycles. The van der Waals surface area contributed by atoms with Gasteiger partial charge in [0, 0.05) is 29.1 Å². The summed E-state index contributed by atoms with van der Waals surface area (Å²) in [7, 11) is 1.53. The summed E-state index contributed by atoms with van der Waals surface area (Å²) >= 11 is 7.45. The molecular formula is C24H23ClN8O3S. The molecule has 2 amide bonds. The van der Waals surface area contributed by atoms with Gasteiger partial charge in [-0.2, -0.15) is 0 Å². The van der Waals surface area contributed by atoms with Crippen molar-refractivity contribution >= 4 is 39.9 Å². The molecule has 0 radical (unpaired) electrons. The molecule has 37 heavy (non-hydrogen) atoms. The highest BCUT2D eigenvalue weighted by Gasteiger charge is 2.30. The van der Waals surface area contributed by atoms with Gasteiger partial charge in [-0.1, -0.05) is 22.9 Å². The molecule has 13 heteroatoms. The second-order valence-corrected chi connectivity index (χ2v) is 10.2. The van der Waals surface area contributed by atoms with Crippen LogP contribution < -0.4 is 10.1 Å². The Morgan fingerprint density at radius 1 is 1.14 bits per heavy atom. The van der Waals surface area contributed by atoms with Gasteiger partial charge in [0.25, 0.3) is 11.8 Å². The zero-order valence-corrected chi connectivity index (χ0v) is 22.1. The molecule has 0 spiro atoms.